The highest BCUT2D eigenvalue weighted by Crippen LogP contribution is 2.23. The van der Waals surface area contributed by atoms with Gasteiger partial charge in [0.25, 0.3) is 5.91 Å². The van der Waals surface area contributed by atoms with Crippen molar-refractivity contribution in [2.45, 2.75) is 25.3 Å². The normalized spacial score (nSPS) is 18.8. The number of likely N-dealkylation sites (tertiary alicyclic amines) is 1. The number of piperidine rings is 1. The molecule has 0 bridgehead atoms. The van der Waals surface area contributed by atoms with E-state index in [-0.39, 0.29) is 16.6 Å². The fraction of sp³-hybridized carbons (Fsp3) is 0.462. The minimum absolute atomic E-state index is 0.0116. The zero-order chi connectivity index (χ0) is 14.7. The minimum atomic E-state index is -0.633. The van der Waals surface area contributed by atoms with Gasteiger partial charge in [0.05, 0.1) is 11.8 Å². The average Bonchev–Trinajstić information content (AvgIpc) is 2.48. The van der Waals surface area contributed by atoms with Gasteiger partial charge in [-0.2, -0.15) is 0 Å². The van der Waals surface area contributed by atoms with Gasteiger partial charge >= 0.3 is 0 Å². The molecule has 0 radical (unpaired) electrons. The van der Waals surface area contributed by atoms with Gasteiger partial charge in [0.1, 0.15) is 17.0 Å². The monoisotopic (exact) mass is 299 g/mol. The van der Waals surface area contributed by atoms with Gasteiger partial charge in [-0.3, -0.25) is 9.59 Å². The summed E-state index contributed by atoms with van der Waals surface area (Å²) in [4.78, 5) is 29.4. The molecule has 0 saturated carbocycles. The molecule has 1 fully saturated rings. The first kappa shape index (κ1) is 14.7. The van der Waals surface area contributed by atoms with E-state index in [9.17, 15) is 14.0 Å². The van der Waals surface area contributed by atoms with Crippen LogP contribution in [0, 0.1) is 5.82 Å². The molecule has 5 nitrogen and oxygen atoms in total. The van der Waals surface area contributed by atoms with Gasteiger partial charge in [0.15, 0.2) is 0 Å². The summed E-state index contributed by atoms with van der Waals surface area (Å²) in [7, 11) is 1.52. The largest absolute Gasteiger partial charge is 0.357 e. The van der Waals surface area contributed by atoms with Gasteiger partial charge in [-0.15, -0.1) is 0 Å². The van der Waals surface area contributed by atoms with Crippen LogP contribution in [0.1, 0.15) is 29.6 Å². The molecular weight excluding hydrogens is 285 g/mol. The molecule has 108 valence electrons. The lowest BCUT2D eigenvalue weighted by molar-refractivity contribution is -0.126. The van der Waals surface area contributed by atoms with Crippen LogP contribution in [0.5, 0.6) is 0 Å². The number of aromatic nitrogens is 1. The molecule has 1 aliphatic heterocycles. The van der Waals surface area contributed by atoms with Crippen LogP contribution in [0.3, 0.4) is 0 Å². The van der Waals surface area contributed by atoms with Crippen molar-refractivity contribution in [2.75, 3.05) is 13.6 Å². The maximum Gasteiger partial charge on any atom is 0.257 e. The summed E-state index contributed by atoms with van der Waals surface area (Å²) in [5, 5.41) is 2.48. The molecule has 2 heterocycles. The molecule has 1 saturated heterocycles. The van der Waals surface area contributed by atoms with Gasteiger partial charge in [-0.05, 0) is 25.3 Å². The van der Waals surface area contributed by atoms with Gasteiger partial charge in [-0.1, -0.05) is 11.6 Å². The minimum Gasteiger partial charge on any atom is -0.357 e. The summed E-state index contributed by atoms with van der Waals surface area (Å²) < 4.78 is 13.2. The molecule has 0 spiro atoms. The van der Waals surface area contributed by atoms with Crippen molar-refractivity contribution in [3.8, 4) is 0 Å². The molecule has 7 heteroatoms. The molecule has 1 aliphatic rings. The molecular formula is C13H15ClFN3O2. The Bertz CT molecular complexity index is 538. The van der Waals surface area contributed by atoms with Gasteiger partial charge < -0.3 is 10.2 Å². The predicted molar refractivity (Wildman–Crippen MR) is 71.9 cm³/mol. The smallest absolute Gasteiger partial charge is 0.257 e. The number of nitrogens with one attached hydrogen (secondary N) is 1. The molecule has 1 atom stereocenters. The van der Waals surface area contributed by atoms with Crippen LogP contribution in [-0.4, -0.2) is 41.3 Å². The van der Waals surface area contributed by atoms with E-state index in [0.717, 1.165) is 25.1 Å². The van der Waals surface area contributed by atoms with Crippen LogP contribution in [0.25, 0.3) is 0 Å². The number of hydrogen-bond donors (Lipinski definition) is 1. The van der Waals surface area contributed by atoms with E-state index in [4.69, 9.17) is 11.6 Å². The van der Waals surface area contributed by atoms with Crippen molar-refractivity contribution in [1.29, 1.82) is 0 Å². The Morgan fingerprint density at radius 3 is 2.95 bits per heavy atom. The molecule has 20 heavy (non-hydrogen) atoms. The average molecular weight is 300 g/mol. The van der Waals surface area contributed by atoms with Gasteiger partial charge in [0, 0.05) is 13.6 Å². The number of halogens is 2. The van der Waals surface area contributed by atoms with Crippen LogP contribution in [0.4, 0.5) is 4.39 Å². The van der Waals surface area contributed by atoms with E-state index in [1.807, 2.05) is 0 Å². The summed E-state index contributed by atoms with van der Waals surface area (Å²) in [5.41, 5.74) is -0.0116. The van der Waals surface area contributed by atoms with Gasteiger partial charge in [-0.25, -0.2) is 9.37 Å². The van der Waals surface area contributed by atoms with E-state index < -0.39 is 17.8 Å². The zero-order valence-electron chi connectivity index (χ0n) is 11.0. The highest BCUT2D eigenvalue weighted by molar-refractivity contribution is 6.32. The second-order valence-corrected chi connectivity index (χ2v) is 4.97. The van der Waals surface area contributed by atoms with Gasteiger partial charge in [0.2, 0.25) is 5.91 Å². The van der Waals surface area contributed by atoms with Crippen LogP contribution < -0.4 is 5.32 Å². The van der Waals surface area contributed by atoms with E-state index >= 15 is 0 Å². The summed E-state index contributed by atoms with van der Waals surface area (Å²) in [6, 6.07) is 0.508. The van der Waals surface area contributed by atoms with Crippen LogP contribution in [-0.2, 0) is 4.79 Å². The fourth-order valence-electron chi connectivity index (χ4n) is 2.34. The fourth-order valence-corrected chi connectivity index (χ4v) is 2.53. The van der Waals surface area contributed by atoms with Crippen LogP contribution in [0.2, 0.25) is 5.15 Å². The maximum absolute atomic E-state index is 13.2. The number of hydrogen-bond acceptors (Lipinski definition) is 3. The molecule has 0 aromatic carbocycles. The Hall–Kier alpha value is -1.69. The second-order valence-electron chi connectivity index (χ2n) is 4.62. The lowest BCUT2D eigenvalue weighted by atomic mass is 10.0. The molecule has 1 N–H and O–H groups in total. The third kappa shape index (κ3) is 2.90. The van der Waals surface area contributed by atoms with Crippen molar-refractivity contribution >= 4 is 23.4 Å². The predicted octanol–water partition coefficient (Wildman–Crippen LogP) is 1.61. The molecule has 2 amide bonds. The van der Waals surface area contributed by atoms with E-state index in [1.165, 1.54) is 11.9 Å². The lowest BCUT2D eigenvalue weighted by Gasteiger charge is -2.34. The highest BCUT2D eigenvalue weighted by atomic mass is 35.5. The number of carbonyl (C=O) groups is 2. The Morgan fingerprint density at radius 1 is 1.50 bits per heavy atom. The third-order valence-corrected chi connectivity index (χ3v) is 3.65. The van der Waals surface area contributed by atoms with Crippen LogP contribution >= 0.6 is 11.6 Å². The quantitative estimate of drug-likeness (QED) is 0.844. The zero-order valence-corrected chi connectivity index (χ0v) is 11.8. The Morgan fingerprint density at radius 2 is 2.25 bits per heavy atom. The number of carbonyl (C=O) groups excluding carboxylic acids is 2. The van der Waals surface area contributed by atoms with E-state index in [2.05, 4.69) is 10.3 Å². The van der Waals surface area contributed by atoms with E-state index in [0.29, 0.717) is 13.0 Å². The third-order valence-electron chi connectivity index (χ3n) is 3.35. The van der Waals surface area contributed by atoms with Crippen molar-refractivity contribution in [1.82, 2.24) is 15.2 Å². The van der Waals surface area contributed by atoms with Crippen molar-refractivity contribution in [3.05, 3.63) is 28.8 Å². The summed E-state index contributed by atoms with van der Waals surface area (Å²) >= 11 is 5.85. The highest BCUT2D eigenvalue weighted by Gasteiger charge is 2.33. The number of nitrogens with zero attached hydrogens (tertiary/aromatic N) is 2. The maximum atomic E-state index is 13.2. The van der Waals surface area contributed by atoms with Crippen LogP contribution in [0.15, 0.2) is 12.3 Å². The number of likely N-dealkylation sites (N-methyl/N-ethyl adjacent to an activating group) is 1. The summed E-state index contributed by atoms with van der Waals surface area (Å²) in [5.74, 6) is -1.32. The second kappa shape index (κ2) is 6.17. The summed E-state index contributed by atoms with van der Waals surface area (Å²) in [6.07, 6.45) is 3.22. The first-order valence-corrected chi connectivity index (χ1v) is 6.76. The standard InChI is InChI=1S/C13H15ClFN3O2/c1-16-12(19)10-4-2-3-5-18(10)13(20)9-6-8(15)7-17-11(9)14/h6-7,10H,2-5H2,1H3,(H,16,19). The molecule has 1 aromatic rings. The SMILES string of the molecule is CNC(=O)C1CCCCN1C(=O)c1cc(F)cnc1Cl. The number of pyridine rings is 1. The summed E-state index contributed by atoms with van der Waals surface area (Å²) in [6.45, 7) is 0.448. The van der Waals surface area contributed by atoms with E-state index in [1.54, 1.807) is 0 Å². The topological polar surface area (TPSA) is 62.3 Å². The van der Waals surface area contributed by atoms with Crippen molar-refractivity contribution < 1.29 is 14.0 Å². The Balaban J connectivity index is 2.30. The first-order chi connectivity index (χ1) is 9.54. The number of rotatable bonds is 2. The number of amides is 2. The van der Waals surface area contributed by atoms with Crippen molar-refractivity contribution in [3.63, 3.8) is 0 Å². The molecule has 0 aliphatic carbocycles. The Labute approximate surface area is 121 Å². The Kier molecular flexibility index (Phi) is 4.54. The molecule has 2 rings (SSSR count). The molecule has 1 aromatic heterocycles. The van der Waals surface area contributed by atoms with Crippen molar-refractivity contribution in [2.24, 2.45) is 0 Å². The lowest BCUT2D eigenvalue weighted by Crippen LogP contribution is -2.51. The first-order valence-electron chi connectivity index (χ1n) is 6.38. The molecule has 1 unspecified atom stereocenters.